The molecule has 0 amide bonds. The van der Waals surface area contributed by atoms with Crippen LogP contribution in [0.3, 0.4) is 0 Å². The molecule has 0 radical (unpaired) electrons. The minimum atomic E-state index is -4.55. The number of hydrogen-bond acceptors (Lipinski definition) is 1. The summed E-state index contributed by atoms with van der Waals surface area (Å²) < 4.78 is 51.2. The quantitative estimate of drug-likeness (QED) is 0.770. The van der Waals surface area contributed by atoms with Crippen LogP contribution in [0.1, 0.15) is 5.56 Å². The maximum absolute atomic E-state index is 13.1. The van der Waals surface area contributed by atoms with Crippen molar-refractivity contribution in [3.8, 4) is 0 Å². The van der Waals surface area contributed by atoms with Gasteiger partial charge in [0.15, 0.2) is 4.90 Å². The molecular weight excluding hydrogens is 285 g/mol. The number of hydrogen-bond donors (Lipinski definition) is 0. The predicted molar refractivity (Wildman–Crippen MR) is 73.3 cm³/mol. The van der Waals surface area contributed by atoms with E-state index in [-0.39, 0.29) is 5.56 Å². The minimum Gasteiger partial charge on any atom is -0.607 e. The van der Waals surface area contributed by atoms with E-state index in [1.54, 1.807) is 24.3 Å². The highest BCUT2D eigenvalue weighted by atomic mass is 32.2. The standard InChI is InChI=1S/C15H11F3OS/c16-15(17,18)14(12-7-3-1-4-8-12)11-20(19)13-9-5-2-6-10-13/h1-11H/b14-11+. The normalized spacial score (nSPS) is 14.1. The van der Waals surface area contributed by atoms with Crippen LogP contribution in [0, 0.1) is 0 Å². The van der Waals surface area contributed by atoms with E-state index in [1.165, 1.54) is 36.4 Å². The van der Waals surface area contributed by atoms with Gasteiger partial charge in [-0.2, -0.15) is 13.2 Å². The van der Waals surface area contributed by atoms with Gasteiger partial charge < -0.3 is 4.55 Å². The van der Waals surface area contributed by atoms with Gasteiger partial charge >= 0.3 is 6.18 Å². The first-order chi connectivity index (χ1) is 9.48. The van der Waals surface area contributed by atoms with E-state index in [0.29, 0.717) is 4.90 Å². The Hall–Kier alpha value is -1.72. The maximum atomic E-state index is 13.1. The van der Waals surface area contributed by atoms with Gasteiger partial charge in [0.2, 0.25) is 0 Å². The number of alkyl halides is 3. The first kappa shape index (κ1) is 14.7. The molecule has 2 aromatic rings. The fraction of sp³-hybridized carbons (Fsp3) is 0.0667. The highest BCUT2D eigenvalue weighted by molar-refractivity contribution is 7.94. The highest BCUT2D eigenvalue weighted by Crippen LogP contribution is 2.35. The lowest BCUT2D eigenvalue weighted by atomic mass is 10.1. The molecule has 0 bridgehead atoms. The van der Waals surface area contributed by atoms with Gasteiger partial charge in [-0.05, 0) is 17.7 Å². The molecule has 104 valence electrons. The van der Waals surface area contributed by atoms with E-state index in [1.807, 2.05) is 0 Å². The van der Waals surface area contributed by atoms with Gasteiger partial charge in [-0.1, -0.05) is 48.5 Å². The second-order valence-electron chi connectivity index (χ2n) is 4.01. The van der Waals surface area contributed by atoms with Crippen LogP contribution in [-0.2, 0) is 11.2 Å². The number of benzene rings is 2. The van der Waals surface area contributed by atoms with Crippen LogP contribution in [0.15, 0.2) is 71.0 Å². The van der Waals surface area contributed by atoms with Gasteiger partial charge in [0, 0.05) is 11.2 Å². The van der Waals surface area contributed by atoms with Crippen LogP contribution < -0.4 is 0 Å². The van der Waals surface area contributed by atoms with Crippen molar-refractivity contribution in [3.63, 3.8) is 0 Å². The summed E-state index contributed by atoms with van der Waals surface area (Å²) in [7, 11) is 0. The third kappa shape index (κ3) is 3.65. The first-order valence-corrected chi connectivity index (χ1v) is 7.00. The van der Waals surface area contributed by atoms with Gasteiger partial charge in [-0.15, -0.1) is 0 Å². The van der Waals surface area contributed by atoms with E-state index in [4.69, 9.17) is 0 Å². The zero-order valence-corrected chi connectivity index (χ0v) is 11.1. The molecule has 1 atom stereocenters. The number of rotatable bonds is 3. The van der Waals surface area contributed by atoms with Gasteiger partial charge in [-0.25, -0.2) is 0 Å². The zero-order valence-electron chi connectivity index (χ0n) is 10.3. The Balaban J connectivity index is 2.40. The predicted octanol–water partition coefficient (Wildman–Crippen LogP) is 4.40. The number of halogens is 3. The van der Waals surface area contributed by atoms with Gasteiger partial charge in [-0.3, -0.25) is 0 Å². The molecule has 2 rings (SSSR count). The third-order valence-corrected chi connectivity index (χ3v) is 3.78. The first-order valence-electron chi connectivity index (χ1n) is 5.78. The molecule has 0 spiro atoms. The molecule has 0 aliphatic carbocycles. The Morgan fingerprint density at radius 3 is 1.90 bits per heavy atom. The summed E-state index contributed by atoms with van der Waals surface area (Å²) in [5.74, 6) is 0. The van der Waals surface area contributed by atoms with Crippen molar-refractivity contribution in [2.75, 3.05) is 0 Å². The highest BCUT2D eigenvalue weighted by Gasteiger charge is 2.37. The second-order valence-corrected chi connectivity index (χ2v) is 5.31. The topological polar surface area (TPSA) is 23.1 Å². The Morgan fingerprint density at radius 2 is 1.40 bits per heavy atom. The molecule has 1 unspecified atom stereocenters. The van der Waals surface area contributed by atoms with Crippen LogP contribution in [0.5, 0.6) is 0 Å². The van der Waals surface area contributed by atoms with Crippen molar-refractivity contribution in [1.82, 2.24) is 0 Å². The molecule has 5 heteroatoms. The maximum Gasteiger partial charge on any atom is 0.421 e. The summed E-state index contributed by atoms with van der Waals surface area (Å²) in [5.41, 5.74) is -0.885. The number of allylic oxidation sites excluding steroid dienone is 1. The Morgan fingerprint density at radius 1 is 0.900 bits per heavy atom. The molecule has 1 nitrogen and oxygen atoms in total. The summed E-state index contributed by atoms with van der Waals surface area (Å²) in [5, 5.41) is 0.755. The largest absolute Gasteiger partial charge is 0.607 e. The van der Waals surface area contributed by atoms with Gasteiger partial charge in [0.25, 0.3) is 0 Å². The Labute approximate surface area is 117 Å². The summed E-state index contributed by atoms with van der Waals surface area (Å²) in [6, 6.07) is 15.4. The van der Waals surface area contributed by atoms with Crippen LogP contribution in [-0.4, -0.2) is 10.7 Å². The van der Waals surface area contributed by atoms with E-state index in [0.717, 1.165) is 5.41 Å². The van der Waals surface area contributed by atoms with Crippen molar-refractivity contribution < 1.29 is 17.7 Å². The summed E-state index contributed by atoms with van der Waals surface area (Å²) in [4.78, 5) is 0.338. The van der Waals surface area contributed by atoms with Crippen molar-refractivity contribution >= 4 is 16.7 Å². The van der Waals surface area contributed by atoms with Crippen molar-refractivity contribution in [2.24, 2.45) is 0 Å². The molecule has 0 aliphatic rings. The van der Waals surface area contributed by atoms with Crippen LogP contribution in [0.2, 0.25) is 0 Å². The van der Waals surface area contributed by atoms with E-state index < -0.39 is 22.9 Å². The average Bonchev–Trinajstić information content (AvgIpc) is 2.45. The average molecular weight is 296 g/mol. The SMILES string of the molecule is [O-][S+](/C=C(\c1ccccc1)C(F)(F)F)c1ccccc1. The molecule has 0 saturated carbocycles. The smallest absolute Gasteiger partial charge is 0.421 e. The van der Waals surface area contributed by atoms with E-state index in [2.05, 4.69) is 0 Å². The molecule has 20 heavy (non-hydrogen) atoms. The molecule has 0 fully saturated rings. The molecule has 2 aromatic carbocycles. The summed E-state index contributed by atoms with van der Waals surface area (Å²) >= 11 is -1.84. The van der Waals surface area contributed by atoms with E-state index in [9.17, 15) is 17.7 Å². The molecule has 0 saturated heterocycles. The lowest BCUT2D eigenvalue weighted by molar-refractivity contribution is -0.0688. The lowest BCUT2D eigenvalue weighted by Crippen LogP contribution is -2.13. The lowest BCUT2D eigenvalue weighted by Gasteiger charge is -2.13. The summed E-state index contributed by atoms with van der Waals surface area (Å²) in [6.45, 7) is 0. The molecule has 0 aliphatic heterocycles. The Kier molecular flexibility index (Phi) is 4.52. The minimum absolute atomic E-state index is 0.00396. The van der Waals surface area contributed by atoms with Crippen LogP contribution in [0.4, 0.5) is 13.2 Å². The van der Waals surface area contributed by atoms with Gasteiger partial charge in [0.1, 0.15) is 11.0 Å². The van der Waals surface area contributed by atoms with E-state index >= 15 is 0 Å². The van der Waals surface area contributed by atoms with Crippen molar-refractivity contribution in [3.05, 3.63) is 71.6 Å². The molecular formula is C15H11F3OS. The van der Waals surface area contributed by atoms with Crippen LogP contribution in [0.25, 0.3) is 5.57 Å². The van der Waals surface area contributed by atoms with Crippen molar-refractivity contribution in [2.45, 2.75) is 11.1 Å². The van der Waals surface area contributed by atoms with Crippen LogP contribution >= 0.6 is 0 Å². The Bertz CT molecular complexity index is 579. The molecule has 0 N–H and O–H groups in total. The second kappa shape index (κ2) is 6.15. The molecule has 0 aromatic heterocycles. The third-order valence-electron chi connectivity index (χ3n) is 2.59. The van der Waals surface area contributed by atoms with Gasteiger partial charge in [0.05, 0.1) is 0 Å². The monoisotopic (exact) mass is 296 g/mol. The fourth-order valence-electron chi connectivity index (χ4n) is 1.65. The zero-order chi connectivity index (χ0) is 14.6. The molecule has 0 heterocycles. The van der Waals surface area contributed by atoms with Crippen molar-refractivity contribution in [1.29, 1.82) is 0 Å². The fourth-order valence-corrected chi connectivity index (χ4v) is 2.69. The summed E-state index contributed by atoms with van der Waals surface area (Å²) in [6.07, 6.45) is -4.55.